The first-order valence-corrected chi connectivity index (χ1v) is 5.44. The second-order valence-electron chi connectivity index (χ2n) is 3.26. The Balaban J connectivity index is 2.45. The Hall–Kier alpha value is -1.28. The number of halogens is 1. The number of pyridine rings is 1. The molecule has 15 heavy (non-hydrogen) atoms. The molecule has 0 amide bonds. The second kappa shape index (κ2) is 4.49. The predicted molar refractivity (Wildman–Crippen MR) is 62.5 cm³/mol. The van der Waals surface area contributed by atoms with Gasteiger partial charge in [0.1, 0.15) is 5.75 Å². The third kappa shape index (κ3) is 2.21. The quantitative estimate of drug-likeness (QED) is 0.742. The fraction of sp³-hybridized carbons (Fsp3) is 0.250. The first kappa shape index (κ1) is 10.2. The molecular weight excluding hydrogens is 210 g/mol. The normalized spacial score (nSPS) is 10.5. The molecule has 0 saturated carbocycles. The number of rotatable bonds is 3. The number of fused-ring (bicyclic) bond motifs is 1. The smallest absolute Gasteiger partial charge is 0.121 e. The van der Waals surface area contributed by atoms with Gasteiger partial charge in [0.15, 0.2) is 0 Å². The maximum absolute atomic E-state index is 5.74. The summed E-state index contributed by atoms with van der Waals surface area (Å²) in [5.41, 5.74) is 1.98. The minimum atomic E-state index is 0.496. The molecule has 2 aromatic rings. The molecule has 2 nitrogen and oxygen atoms in total. The van der Waals surface area contributed by atoms with Crippen LogP contribution in [-0.2, 0) is 5.88 Å². The standard InChI is InChI=1S/C12H12ClNO/c1-2-15-11-4-3-10-5-9(7-13)8-14-12(10)6-11/h3-6,8H,2,7H2,1H3. The van der Waals surface area contributed by atoms with Crippen LogP contribution in [0.5, 0.6) is 5.75 Å². The van der Waals surface area contributed by atoms with Crippen LogP contribution in [-0.4, -0.2) is 11.6 Å². The van der Waals surface area contributed by atoms with E-state index in [2.05, 4.69) is 4.98 Å². The van der Waals surface area contributed by atoms with Crippen molar-refractivity contribution in [3.63, 3.8) is 0 Å². The van der Waals surface area contributed by atoms with Crippen LogP contribution in [0, 0.1) is 0 Å². The summed E-state index contributed by atoms with van der Waals surface area (Å²) >= 11 is 5.74. The molecular formula is C12H12ClNO. The van der Waals surface area contributed by atoms with Gasteiger partial charge in [-0.3, -0.25) is 4.98 Å². The average molecular weight is 222 g/mol. The summed E-state index contributed by atoms with van der Waals surface area (Å²) in [5.74, 6) is 1.35. The van der Waals surface area contributed by atoms with Crippen molar-refractivity contribution in [1.82, 2.24) is 4.98 Å². The second-order valence-corrected chi connectivity index (χ2v) is 3.53. The lowest BCUT2D eigenvalue weighted by atomic mass is 10.2. The summed E-state index contributed by atoms with van der Waals surface area (Å²) < 4.78 is 5.40. The maximum Gasteiger partial charge on any atom is 0.121 e. The molecule has 0 unspecified atom stereocenters. The Morgan fingerprint density at radius 2 is 2.20 bits per heavy atom. The first-order valence-electron chi connectivity index (χ1n) is 4.91. The number of nitrogens with zero attached hydrogens (tertiary/aromatic N) is 1. The lowest BCUT2D eigenvalue weighted by Gasteiger charge is -2.04. The highest BCUT2D eigenvalue weighted by molar-refractivity contribution is 6.17. The van der Waals surface area contributed by atoms with Crippen molar-refractivity contribution in [3.8, 4) is 5.75 Å². The van der Waals surface area contributed by atoms with Gasteiger partial charge in [-0.2, -0.15) is 0 Å². The van der Waals surface area contributed by atoms with Gasteiger partial charge in [-0.1, -0.05) is 0 Å². The van der Waals surface area contributed by atoms with Crippen LogP contribution < -0.4 is 4.74 Å². The van der Waals surface area contributed by atoms with Gasteiger partial charge in [0.25, 0.3) is 0 Å². The summed E-state index contributed by atoms with van der Waals surface area (Å²) in [4.78, 5) is 4.33. The molecule has 0 spiro atoms. The summed E-state index contributed by atoms with van der Waals surface area (Å²) in [6, 6.07) is 7.94. The number of aromatic nitrogens is 1. The fourth-order valence-electron chi connectivity index (χ4n) is 1.48. The van der Waals surface area contributed by atoms with E-state index in [0.717, 1.165) is 22.2 Å². The molecule has 78 valence electrons. The van der Waals surface area contributed by atoms with Crippen LogP contribution in [0.25, 0.3) is 10.9 Å². The summed E-state index contributed by atoms with van der Waals surface area (Å²) in [6.45, 7) is 2.64. The number of benzene rings is 1. The number of ether oxygens (including phenoxy) is 1. The van der Waals surface area contributed by atoms with E-state index < -0.39 is 0 Å². The van der Waals surface area contributed by atoms with Crippen molar-refractivity contribution >= 4 is 22.5 Å². The Kier molecular flexibility index (Phi) is 3.07. The maximum atomic E-state index is 5.74. The van der Waals surface area contributed by atoms with E-state index in [1.165, 1.54) is 0 Å². The number of hydrogen-bond acceptors (Lipinski definition) is 2. The summed E-state index contributed by atoms with van der Waals surface area (Å²) in [7, 11) is 0. The molecule has 0 aliphatic carbocycles. The van der Waals surface area contributed by atoms with E-state index in [9.17, 15) is 0 Å². The van der Waals surface area contributed by atoms with Gasteiger partial charge in [0.05, 0.1) is 12.1 Å². The van der Waals surface area contributed by atoms with Crippen LogP contribution in [0.15, 0.2) is 30.5 Å². The van der Waals surface area contributed by atoms with Gasteiger partial charge in [0.2, 0.25) is 0 Å². The summed E-state index contributed by atoms with van der Waals surface area (Å²) in [5, 5.41) is 1.09. The summed E-state index contributed by atoms with van der Waals surface area (Å²) in [6.07, 6.45) is 1.80. The zero-order valence-electron chi connectivity index (χ0n) is 8.53. The van der Waals surface area contributed by atoms with Crippen LogP contribution in [0.4, 0.5) is 0 Å². The van der Waals surface area contributed by atoms with Crippen molar-refractivity contribution in [3.05, 3.63) is 36.0 Å². The van der Waals surface area contributed by atoms with Crippen LogP contribution in [0.3, 0.4) is 0 Å². The monoisotopic (exact) mass is 221 g/mol. The molecule has 1 heterocycles. The molecule has 0 aliphatic heterocycles. The molecule has 0 fully saturated rings. The third-order valence-corrected chi connectivity index (χ3v) is 2.49. The zero-order valence-corrected chi connectivity index (χ0v) is 9.29. The largest absolute Gasteiger partial charge is 0.494 e. The van der Waals surface area contributed by atoms with E-state index in [1.54, 1.807) is 6.20 Å². The highest BCUT2D eigenvalue weighted by Gasteiger charge is 1.99. The van der Waals surface area contributed by atoms with E-state index in [4.69, 9.17) is 16.3 Å². The number of alkyl halides is 1. The van der Waals surface area contributed by atoms with Crippen molar-refractivity contribution < 1.29 is 4.74 Å². The van der Waals surface area contributed by atoms with Gasteiger partial charge in [-0.25, -0.2) is 0 Å². The van der Waals surface area contributed by atoms with Gasteiger partial charge in [-0.05, 0) is 30.7 Å². The molecule has 0 bridgehead atoms. The lowest BCUT2D eigenvalue weighted by Crippen LogP contribution is -1.91. The third-order valence-electron chi connectivity index (χ3n) is 2.18. The van der Waals surface area contributed by atoms with E-state index >= 15 is 0 Å². The van der Waals surface area contributed by atoms with Crippen molar-refractivity contribution in [1.29, 1.82) is 0 Å². The van der Waals surface area contributed by atoms with Crippen LogP contribution in [0.2, 0.25) is 0 Å². The molecule has 0 atom stereocenters. The van der Waals surface area contributed by atoms with Crippen molar-refractivity contribution in [2.45, 2.75) is 12.8 Å². The lowest BCUT2D eigenvalue weighted by molar-refractivity contribution is 0.340. The molecule has 0 aliphatic rings. The van der Waals surface area contributed by atoms with Gasteiger partial charge in [-0.15, -0.1) is 11.6 Å². The molecule has 0 saturated heterocycles. The molecule has 0 N–H and O–H groups in total. The molecule has 1 aromatic carbocycles. The SMILES string of the molecule is CCOc1ccc2cc(CCl)cnc2c1. The first-order chi connectivity index (χ1) is 7.33. The van der Waals surface area contributed by atoms with Gasteiger partial charge in [0, 0.05) is 23.5 Å². The minimum Gasteiger partial charge on any atom is -0.494 e. The molecule has 3 heteroatoms. The van der Waals surface area contributed by atoms with Crippen molar-refractivity contribution in [2.24, 2.45) is 0 Å². The van der Waals surface area contributed by atoms with Crippen LogP contribution in [0.1, 0.15) is 12.5 Å². The van der Waals surface area contributed by atoms with Crippen LogP contribution >= 0.6 is 11.6 Å². The predicted octanol–water partition coefficient (Wildman–Crippen LogP) is 3.37. The minimum absolute atomic E-state index is 0.496. The Morgan fingerprint density at radius 3 is 2.93 bits per heavy atom. The Morgan fingerprint density at radius 1 is 1.33 bits per heavy atom. The number of hydrogen-bond donors (Lipinski definition) is 0. The zero-order chi connectivity index (χ0) is 10.7. The van der Waals surface area contributed by atoms with Crippen molar-refractivity contribution in [2.75, 3.05) is 6.61 Å². The Bertz CT molecular complexity index is 470. The molecule has 2 rings (SSSR count). The topological polar surface area (TPSA) is 22.1 Å². The average Bonchev–Trinajstić information content (AvgIpc) is 2.29. The highest BCUT2D eigenvalue weighted by atomic mass is 35.5. The van der Waals surface area contributed by atoms with E-state index in [0.29, 0.717) is 12.5 Å². The van der Waals surface area contributed by atoms with Gasteiger partial charge < -0.3 is 4.74 Å². The van der Waals surface area contributed by atoms with E-state index in [1.807, 2.05) is 31.2 Å². The molecule has 0 radical (unpaired) electrons. The molecule has 1 aromatic heterocycles. The highest BCUT2D eigenvalue weighted by Crippen LogP contribution is 2.20. The fourth-order valence-corrected chi connectivity index (χ4v) is 1.62. The van der Waals surface area contributed by atoms with E-state index in [-0.39, 0.29) is 0 Å². The Labute approximate surface area is 93.8 Å². The van der Waals surface area contributed by atoms with Gasteiger partial charge >= 0.3 is 0 Å².